The molecule has 0 aliphatic heterocycles. The van der Waals surface area contributed by atoms with Crippen LogP contribution in [-0.4, -0.2) is 39.3 Å². The van der Waals surface area contributed by atoms with Crippen molar-refractivity contribution in [2.75, 3.05) is 0 Å². The molecule has 1 rings (SSSR count). The Morgan fingerprint density at radius 1 is 1.44 bits per heavy atom. The van der Waals surface area contributed by atoms with Crippen molar-refractivity contribution in [2.45, 2.75) is 25.6 Å². The highest BCUT2D eigenvalue weighted by Gasteiger charge is 2.24. The third kappa shape index (κ3) is 4.38. The third-order valence-corrected chi connectivity index (χ3v) is 2.19. The molecule has 18 heavy (non-hydrogen) atoms. The quantitative estimate of drug-likeness (QED) is 0.576. The Hall–Kier alpha value is -2.15. The number of hydrogen-bond acceptors (Lipinski definition) is 4. The van der Waals surface area contributed by atoms with Crippen molar-refractivity contribution in [3.8, 4) is 0 Å². The highest BCUT2D eigenvalue weighted by Crippen LogP contribution is 1.94. The van der Waals surface area contributed by atoms with Crippen LogP contribution in [0.1, 0.15) is 12.6 Å². The minimum atomic E-state index is -1.34. The number of aromatic nitrogens is 1. The number of hydrogen-bond donors (Lipinski definition) is 4. The van der Waals surface area contributed by atoms with Gasteiger partial charge in [0.2, 0.25) is 0 Å². The van der Waals surface area contributed by atoms with E-state index >= 15 is 0 Å². The lowest BCUT2D eigenvalue weighted by molar-refractivity contribution is -0.141. The molecule has 0 saturated heterocycles. The number of carboxylic acid groups (broad SMARTS) is 1. The molecule has 0 bridgehead atoms. The minimum absolute atomic E-state index is 0.179. The predicted octanol–water partition coefficient (Wildman–Crippen LogP) is -0.285. The van der Waals surface area contributed by atoms with E-state index in [1.165, 1.54) is 6.92 Å². The maximum atomic E-state index is 11.4. The summed E-state index contributed by atoms with van der Waals surface area (Å²) in [5.74, 6) is -1.29. The lowest BCUT2D eigenvalue weighted by Gasteiger charge is -2.17. The first-order valence-electron chi connectivity index (χ1n) is 5.36. The number of nitrogens with one attached hydrogen (secondary N) is 2. The molecule has 0 aliphatic carbocycles. The molecule has 0 saturated carbocycles. The number of carbonyl (C=O) groups is 2. The van der Waals surface area contributed by atoms with Crippen LogP contribution in [-0.2, 0) is 11.3 Å². The van der Waals surface area contributed by atoms with Crippen LogP contribution >= 0.6 is 0 Å². The van der Waals surface area contributed by atoms with Crippen molar-refractivity contribution >= 4 is 12.0 Å². The highest BCUT2D eigenvalue weighted by molar-refractivity contribution is 5.82. The molecule has 0 radical (unpaired) electrons. The number of aliphatic carboxylic acids is 1. The Morgan fingerprint density at radius 3 is 2.67 bits per heavy atom. The zero-order chi connectivity index (χ0) is 13.5. The summed E-state index contributed by atoms with van der Waals surface area (Å²) in [5, 5.41) is 22.6. The lowest BCUT2D eigenvalue weighted by Crippen LogP contribution is -2.51. The fourth-order valence-corrected chi connectivity index (χ4v) is 1.25. The van der Waals surface area contributed by atoms with Gasteiger partial charge in [0, 0.05) is 6.20 Å². The highest BCUT2D eigenvalue weighted by atomic mass is 16.4. The summed E-state index contributed by atoms with van der Waals surface area (Å²) in [4.78, 5) is 26.1. The van der Waals surface area contributed by atoms with Gasteiger partial charge in [-0.3, -0.25) is 4.98 Å². The SMILES string of the molecule is C[C@@H](O)[C@H](NC(=O)NCc1ccccn1)C(=O)O. The molecule has 0 spiro atoms. The fourth-order valence-electron chi connectivity index (χ4n) is 1.25. The van der Waals surface area contributed by atoms with Crippen LogP contribution in [0, 0.1) is 0 Å². The number of urea groups is 1. The molecule has 2 atom stereocenters. The average molecular weight is 253 g/mol. The zero-order valence-electron chi connectivity index (χ0n) is 9.83. The molecule has 0 fully saturated rings. The first-order chi connectivity index (χ1) is 8.50. The first kappa shape index (κ1) is 13.9. The molecule has 0 aromatic carbocycles. The van der Waals surface area contributed by atoms with Crippen LogP contribution < -0.4 is 10.6 Å². The summed E-state index contributed by atoms with van der Waals surface area (Å²) in [7, 11) is 0. The second-order valence-electron chi connectivity index (χ2n) is 3.70. The molecule has 0 aliphatic rings. The zero-order valence-corrected chi connectivity index (χ0v) is 9.83. The summed E-state index contributed by atoms with van der Waals surface area (Å²) in [6, 6.07) is 3.24. The Balaban J connectivity index is 2.44. The number of aliphatic hydroxyl groups excluding tert-OH is 1. The summed E-state index contributed by atoms with van der Waals surface area (Å²) < 4.78 is 0. The summed E-state index contributed by atoms with van der Waals surface area (Å²) in [6.07, 6.45) is 0.410. The van der Waals surface area contributed by atoms with Crippen LogP contribution in [0.15, 0.2) is 24.4 Å². The molecular weight excluding hydrogens is 238 g/mol. The Morgan fingerprint density at radius 2 is 2.17 bits per heavy atom. The van der Waals surface area contributed by atoms with E-state index in [1.807, 2.05) is 0 Å². The predicted molar refractivity (Wildman–Crippen MR) is 62.7 cm³/mol. The van der Waals surface area contributed by atoms with E-state index in [4.69, 9.17) is 5.11 Å². The molecule has 7 nitrogen and oxygen atoms in total. The van der Waals surface area contributed by atoms with Crippen molar-refractivity contribution in [3.05, 3.63) is 30.1 Å². The van der Waals surface area contributed by atoms with Crippen LogP contribution in [0.25, 0.3) is 0 Å². The molecule has 1 heterocycles. The van der Waals surface area contributed by atoms with E-state index in [0.717, 1.165) is 0 Å². The van der Waals surface area contributed by atoms with Gasteiger partial charge < -0.3 is 20.8 Å². The average Bonchev–Trinajstić information content (AvgIpc) is 2.34. The van der Waals surface area contributed by atoms with E-state index in [-0.39, 0.29) is 6.54 Å². The topological polar surface area (TPSA) is 112 Å². The monoisotopic (exact) mass is 253 g/mol. The summed E-state index contributed by atoms with van der Waals surface area (Å²) >= 11 is 0. The molecule has 1 aromatic rings. The second-order valence-corrected chi connectivity index (χ2v) is 3.70. The van der Waals surface area contributed by atoms with Gasteiger partial charge in [0.25, 0.3) is 0 Å². The number of pyridine rings is 1. The number of nitrogens with zero attached hydrogens (tertiary/aromatic N) is 1. The van der Waals surface area contributed by atoms with Gasteiger partial charge in [0.15, 0.2) is 6.04 Å². The number of carbonyl (C=O) groups excluding carboxylic acids is 1. The number of rotatable bonds is 5. The minimum Gasteiger partial charge on any atom is -0.480 e. The van der Waals surface area contributed by atoms with Crippen molar-refractivity contribution < 1.29 is 19.8 Å². The van der Waals surface area contributed by atoms with Crippen LogP contribution in [0.5, 0.6) is 0 Å². The van der Waals surface area contributed by atoms with Crippen LogP contribution in [0.4, 0.5) is 4.79 Å². The maximum Gasteiger partial charge on any atom is 0.328 e. The molecule has 98 valence electrons. The molecule has 0 unspecified atom stereocenters. The van der Waals surface area contributed by atoms with Crippen molar-refractivity contribution in [1.29, 1.82) is 0 Å². The van der Waals surface area contributed by atoms with Gasteiger partial charge >= 0.3 is 12.0 Å². The van der Waals surface area contributed by atoms with Crippen LogP contribution in [0.2, 0.25) is 0 Å². The Kier molecular flexibility index (Phi) is 5.06. The normalized spacial score (nSPS) is 13.4. The first-order valence-corrected chi connectivity index (χ1v) is 5.36. The van der Waals surface area contributed by atoms with E-state index < -0.39 is 24.1 Å². The van der Waals surface area contributed by atoms with Crippen molar-refractivity contribution in [2.24, 2.45) is 0 Å². The molecule has 1 aromatic heterocycles. The van der Waals surface area contributed by atoms with Crippen LogP contribution in [0.3, 0.4) is 0 Å². The second kappa shape index (κ2) is 6.55. The standard InChI is InChI=1S/C11H15N3O4/c1-7(15)9(10(16)17)14-11(18)13-6-8-4-2-3-5-12-8/h2-5,7,9,15H,6H2,1H3,(H,16,17)(H2,13,14,18)/t7-,9+/m1/s1. The van der Waals surface area contributed by atoms with E-state index in [0.29, 0.717) is 5.69 Å². The molecule has 4 N–H and O–H groups in total. The van der Waals surface area contributed by atoms with Gasteiger partial charge in [-0.15, -0.1) is 0 Å². The van der Waals surface area contributed by atoms with Gasteiger partial charge in [-0.1, -0.05) is 6.07 Å². The third-order valence-electron chi connectivity index (χ3n) is 2.19. The van der Waals surface area contributed by atoms with E-state index in [2.05, 4.69) is 15.6 Å². The smallest absolute Gasteiger partial charge is 0.328 e. The number of amides is 2. The lowest BCUT2D eigenvalue weighted by atomic mass is 10.2. The molecular formula is C11H15N3O4. The number of carboxylic acids is 1. The molecule has 2 amide bonds. The summed E-state index contributed by atoms with van der Waals surface area (Å²) in [6.45, 7) is 1.47. The fraction of sp³-hybridized carbons (Fsp3) is 0.364. The van der Waals surface area contributed by atoms with Gasteiger partial charge in [-0.05, 0) is 19.1 Å². The van der Waals surface area contributed by atoms with Crippen molar-refractivity contribution in [3.63, 3.8) is 0 Å². The van der Waals surface area contributed by atoms with Gasteiger partial charge in [0.05, 0.1) is 18.3 Å². The number of aliphatic hydroxyl groups is 1. The van der Waals surface area contributed by atoms with Crippen molar-refractivity contribution in [1.82, 2.24) is 15.6 Å². The maximum absolute atomic E-state index is 11.4. The Labute approximate surface area is 104 Å². The van der Waals surface area contributed by atoms with Gasteiger partial charge in [0.1, 0.15) is 0 Å². The Bertz CT molecular complexity index is 408. The largest absolute Gasteiger partial charge is 0.480 e. The molecule has 7 heteroatoms. The van der Waals surface area contributed by atoms with E-state index in [1.54, 1.807) is 24.4 Å². The van der Waals surface area contributed by atoms with Gasteiger partial charge in [-0.25, -0.2) is 9.59 Å². The summed E-state index contributed by atoms with van der Waals surface area (Å²) in [5.41, 5.74) is 0.650. The van der Waals surface area contributed by atoms with E-state index in [9.17, 15) is 14.7 Å². The van der Waals surface area contributed by atoms with Gasteiger partial charge in [-0.2, -0.15) is 0 Å².